The predicted molar refractivity (Wildman–Crippen MR) is 129 cm³/mol. The van der Waals surface area contributed by atoms with Crippen LogP contribution in [0.3, 0.4) is 0 Å². The number of para-hydroxylation sites is 1. The molecule has 1 aliphatic rings. The number of imidazole rings is 1. The van der Waals surface area contributed by atoms with Crippen LogP contribution in [0, 0.1) is 25.5 Å². The summed E-state index contributed by atoms with van der Waals surface area (Å²) in [5.41, 5.74) is 1.22. The van der Waals surface area contributed by atoms with Crippen molar-refractivity contribution in [3.8, 4) is 5.69 Å². The number of ketones is 1. The fraction of sp³-hybridized carbons (Fsp3) is 0.308. The van der Waals surface area contributed by atoms with E-state index in [9.17, 15) is 23.2 Å². The number of nitrogens with zero attached hydrogens (tertiary/aromatic N) is 4. The van der Waals surface area contributed by atoms with Gasteiger partial charge in [-0.05, 0) is 56.0 Å². The first kappa shape index (κ1) is 23.8. The van der Waals surface area contributed by atoms with Gasteiger partial charge in [0.05, 0.1) is 31.2 Å². The summed E-state index contributed by atoms with van der Waals surface area (Å²) in [6.07, 6.45) is 2.60. The summed E-state index contributed by atoms with van der Waals surface area (Å²) in [6.45, 7) is 4.01. The van der Waals surface area contributed by atoms with Crippen LogP contribution in [0.2, 0.25) is 0 Å². The smallest absolute Gasteiger partial charge is 0.337 e. The average molecular weight is 494 g/mol. The van der Waals surface area contributed by atoms with E-state index in [0.29, 0.717) is 12.3 Å². The average Bonchev–Trinajstić information content (AvgIpc) is 3.50. The Hall–Kier alpha value is -3.92. The van der Waals surface area contributed by atoms with Gasteiger partial charge in [0.25, 0.3) is 5.56 Å². The number of carbonyl (C=O) groups excluding carboxylic acids is 1. The van der Waals surface area contributed by atoms with Crippen LogP contribution in [0.5, 0.6) is 0 Å². The molecular formula is C26H24F2N4O4. The van der Waals surface area contributed by atoms with Crippen LogP contribution >= 0.6 is 0 Å². The molecule has 36 heavy (non-hydrogen) atoms. The molecular weight excluding hydrogens is 470 g/mol. The van der Waals surface area contributed by atoms with Crippen molar-refractivity contribution in [2.75, 3.05) is 6.61 Å². The Morgan fingerprint density at radius 3 is 2.53 bits per heavy atom. The van der Waals surface area contributed by atoms with E-state index >= 15 is 0 Å². The molecule has 1 aliphatic heterocycles. The summed E-state index contributed by atoms with van der Waals surface area (Å²) < 4.78 is 36.6. The van der Waals surface area contributed by atoms with Crippen LogP contribution < -0.4 is 11.2 Å². The third-order valence-electron chi connectivity index (χ3n) is 6.53. The van der Waals surface area contributed by atoms with Crippen LogP contribution in [0.15, 0.2) is 52.3 Å². The van der Waals surface area contributed by atoms with Crippen molar-refractivity contribution in [2.24, 2.45) is 0 Å². The van der Waals surface area contributed by atoms with E-state index in [2.05, 4.69) is 4.98 Å². The Morgan fingerprint density at radius 1 is 1.11 bits per heavy atom. The van der Waals surface area contributed by atoms with E-state index in [1.54, 1.807) is 0 Å². The maximum absolute atomic E-state index is 13.7. The highest BCUT2D eigenvalue weighted by molar-refractivity contribution is 5.96. The highest BCUT2D eigenvalue weighted by atomic mass is 19.2. The van der Waals surface area contributed by atoms with Gasteiger partial charge in [-0.1, -0.05) is 18.2 Å². The first-order valence-corrected chi connectivity index (χ1v) is 11.6. The number of rotatable bonds is 6. The molecule has 4 aromatic rings. The third-order valence-corrected chi connectivity index (χ3v) is 6.53. The third kappa shape index (κ3) is 4.07. The Balaban J connectivity index is 1.70. The summed E-state index contributed by atoms with van der Waals surface area (Å²) in [5.74, 6) is -2.74. The monoisotopic (exact) mass is 494 g/mol. The Morgan fingerprint density at radius 2 is 1.86 bits per heavy atom. The van der Waals surface area contributed by atoms with E-state index in [0.717, 1.165) is 40.7 Å². The lowest BCUT2D eigenvalue weighted by Crippen LogP contribution is -2.42. The Labute approximate surface area is 204 Å². The molecule has 10 heteroatoms. The second-order valence-corrected chi connectivity index (χ2v) is 9.01. The maximum Gasteiger partial charge on any atom is 0.337 e. The fourth-order valence-corrected chi connectivity index (χ4v) is 4.73. The molecule has 0 spiro atoms. The Bertz CT molecular complexity index is 1590. The molecule has 8 nitrogen and oxygen atoms in total. The number of Topliss-reactive ketones (excluding diaryl/α,β-unsaturated/α-hetero) is 1. The second kappa shape index (κ2) is 9.27. The van der Waals surface area contributed by atoms with Gasteiger partial charge in [-0.25, -0.2) is 23.1 Å². The molecule has 2 aromatic heterocycles. The van der Waals surface area contributed by atoms with Gasteiger partial charge in [0.2, 0.25) is 0 Å². The quantitative estimate of drug-likeness (QED) is 0.384. The number of carbonyl (C=O) groups is 1. The number of ether oxygens (including phenoxy) is 1. The van der Waals surface area contributed by atoms with Crippen LogP contribution in [0.25, 0.3) is 16.9 Å². The maximum atomic E-state index is 13.7. The molecule has 0 bridgehead atoms. The van der Waals surface area contributed by atoms with Gasteiger partial charge < -0.3 is 9.30 Å². The van der Waals surface area contributed by atoms with E-state index in [4.69, 9.17) is 4.74 Å². The number of fused-ring (bicyclic) bond motifs is 1. The molecule has 1 saturated heterocycles. The van der Waals surface area contributed by atoms with Gasteiger partial charge in [-0.3, -0.25) is 14.2 Å². The first-order valence-electron chi connectivity index (χ1n) is 11.6. The highest BCUT2D eigenvalue weighted by Crippen LogP contribution is 2.21. The molecule has 0 amide bonds. The van der Waals surface area contributed by atoms with Gasteiger partial charge in [0.1, 0.15) is 0 Å². The van der Waals surface area contributed by atoms with E-state index in [-0.39, 0.29) is 35.9 Å². The van der Waals surface area contributed by atoms with Crippen molar-refractivity contribution in [2.45, 2.75) is 45.9 Å². The zero-order valence-electron chi connectivity index (χ0n) is 19.8. The molecule has 1 fully saturated rings. The summed E-state index contributed by atoms with van der Waals surface area (Å²) in [5, 5.41) is 0. The largest absolute Gasteiger partial charge is 0.376 e. The van der Waals surface area contributed by atoms with Crippen molar-refractivity contribution in [1.82, 2.24) is 18.7 Å². The van der Waals surface area contributed by atoms with Crippen LogP contribution in [0.4, 0.5) is 8.78 Å². The minimum Gasteiger partial charge on any atom is -0.376 e. The Kier molecular flexibility index (Phi) is 6.13. The van der Waals surface area contributed by atoms with Gasteiger partial charge in [-0.2, -0.15) is 0 Å². The summed E-state index contributed by atoms with van der Waals surface area (Å²) >= 11 is 0. The second-order valence-electron chi connectivity index (χ2n) is 9.01. The van der Waals surface area contributed by atoms with Crippen molar-refractivity contribution in [3.05, 3.63) is 91.9 Å². The lowest BCUT2D eigenvalue weighted by Gasteiger charge is -2.17. The normalized spacial score (nSPS) is 15.6. The SMILES string of the molecule is Cc1cccc(C)c1-n1c(=O)n(CC2CCCO2)c(=O)c2c1ncn2CC(=O)c1ccc(F)c(F)c1. The number of hydrogen-bond donors (Lipinski definition) is 0. The van der Waals surface area contributed by atoms with Crippen molar-refractivity contribution in [3.63, 3.8) is 0 Å². The zero-order chi connectivity index (χ0) is 25.6. The van der Waals surface area contributed by atoms with Crippen LogP contribution in [-0.4, -0.2) is 37.2 Å². The molecule has 5 rings (SSSR count). The lowest BCUT2D eigenvalue weighted by molar-refractivity contribution is 0.0947. The number of aryl methyl sites for hydroxylation is 2. The minimum atomic E-state index is -1.14. The van der Waals surface area contributed by atoms with Gasteiger partial charge in [-0.15, -0.1) is 0 Å². The predicted octanol–water partition coefficient (Wildman–Crippen LogP) is 3.31. The molecule has 0 radical (unpaired) electrons. The number of aromatic nitrogens is 4. The molecule has 1 unspecified atom stereocenters. The van der Waals surface area contributed by atoms with E-state index in [1.165, 1.54) is 21.5 Å². The standard InChI is InChI=1S/C26H24F2N4O4/c1-15-5-3-6-16(2)22(15)32-24-23(25(34)31(26(32)35)12-18-7-4-10-36-18)30(14-29-24)13-21(33)17-8-9-19(27)20(28)11-17/h3,5-6,8-9,11,14,18H,4,7,10,12-13H2,1-2H3. The van der Waals surface area contributed by atoms with Gasteiger partial charge >= 0.3 is 5.69 Å². The summed E-state index contributed by atoms with van der Waals surface area (Å²) in [7, 11) is 0. The topological polar surface area (TPSA) is 88.1 Å². The summed E-state index contributed by atoms with van der Waals surface area (Å²) in [6, 6.07) is 8.47. The number of hydrogen-bond acceptors (Lipinski definition) is 5. The van der Waals surface area contributed by atoms with Crippen LogP contribution in [0.1, 0.15) is 34.3 Å². The lowest BCUT2D eigenvalue weighted by atomic mass is 10.1. The van der Waals surface area contributed by atoms with E-state index < -0.39 is 28.7 Å². The molecule has 1 atom stereocenters. The minimum absolute atomic E-state index is 0.0431. The number of benzene rings is 2. The van der Waals surface area contributed by atoms with E-state index in [1.807, 2.05) is 32.0 Å². The first-order chi connectivity index (χ1) is 17.3. The van der Waals surface area contributed by atoms with Crippen LogP contribution in [-0.2, 0) is 17.8 Å². The molecule has 186 valence electrons. The zero-order valence-corrected chi connectivity index (χ0v) is 19.8. The molecule has 3 heterocycles. The molecule has 0 saturated carbocycles. The fourth-order valence-electron chi connectivity index (χ4n) is 4.73. The van der Waals surface area contributed by atoms with Crippen molar-refractivity contribution < 1.29 is 18.3 Å². The molecule has 0 N–H and O–H groups in total. The highest BCUT2D eigenvalue weighted by Gasteiger charge is 2.25. The van der Waals surface area contributed by atoms with Gasteiger partial charge in [0, 0.05) is 12.2 Å². The van der Waals surface area contributed by atoms with Gasteiger partial charge in [0.15, 0.2) is 28.6 Å². The van der Waals surface area contributed by atoms with Crippen molar-refractivity contribution >= 4 is 16.9 Å². The van der Waals surface area contributed by atoms with Crippen molar-refractivity contribution in [1.29, 1.82) is 0 Å². The molecule has 0 aliphatic carbocycles. The molecule has 2 aromatic carbocycles. The summed E-state index contributed by atoms with van der Waals surface area (Å²) in [4.78, 5) is 44.5. The number of halogens is 2.